The van der Waals surface area contributed by atoms with Gasteiger partial charge in [0.15, 0.2) is 4.34 Å². The van der Waals surface area contributed by atoms with Crippen molar-refractivity contribution in [1.29, 1.82) is 0 Å². The van der Waals surface area contributed by atoms with Gasteiger partial charge in [0.25, 0.3) is 0 Å². The maximum atomic E-state index is 11.7. The van der Waals surface area contributed by atoms with E-state index in [1.54, 1.807) is 17.8 Å². The molecule has 1 atom stereocenters. The third-order valence-corrected chi connectivity index (χ3v) is 3.92. The van der Waals surface area contributed by atoms with Crippen molar-refractivity contribution in [2.75, 3.05) is 0 Å². The van der Waals surface area contributed by atoms with E-state index in [9.17, 15) is 4.79 Å². The number of hydrogen-bond donors (Lipinski definition) is 1. The predicted molar refractivity (Wildman–Crippen MR) is 65.8 cm³/mol. The zero-order chi connectivity index (χ0) is 12.1. The molecule has 0 radical (unpaired) electrons. The van der Waals surface area contributed by atoms with Gasteiger partial charge in [0.05, 0.1) is 18.1 Å². The summed E-state index contributed by atoms with van der Waals surface area (Å²) in [5.41, 5.74) is 1.65. The van der Waals surface area contributed by atoms with E-state index >= 15 is 0 Å². The number of furan rings is 1. The maximum Gasteiger partial charge on any atom is 0.233 e. The first-order valence-corrected chi connectivity index (χ1v) is 6.74. The van der Waals surface area contributed by atoms with Crippen LogP contribution in [0.15, 0.2) is 32.7 Å². The summed E-state index contributed by atoms with van der Waals surface area (Å²) in [5.74, 6) is 0.702. The van der Waals surface area contributed by atoms with Crippen molar-refractivity contribution in [2.24, 2.45) is 0 Å². The van der Waals surface area contributed by atoms with Gasteiger partial charge in [0, 0.05) is 0 Å². The molecule has 2 rings (SSSR count). The number of nitrogens with one attached hydrogen (secondary N) is 1. The summed E-state index contributed by atoms with van der Waals surface area (Å²) in [6.45, 7) is 2.25. The molecule has 2 aromatic rings. The van der Waals surface area contributed by atoms with Crippen LogP contribution in [-0.4, -0.2) is 21.4 Å². The Kier molecular flexibility index (Phi) is 4.16. The molecule has 90 valence electrons. The summed E-state index contributed by atoms with van der Waals surface area (Å²) < 4.78 is 5.92. The minimum atomic E-state index is -0.196. The molecule has 0 saturated carbocycles. The quantitative estimate of drug-likeness (QED) is 0.840. The fourth-order valence-corrected chi connectivity index (χ4v) is 2.80. The summed E-state index contributed by atoms with van der Waals surface area (Å²) in [5, 5.41) is 10.2. The highest BCUT2D eigenvalue weighted by Crippen LogP contribution is 2.24. The van der Waals surface area contributed by atoms with Crippen LogP contribution in [-0.2, 0) is 11.3 Å². The zero-order valence-corrected chi connectivity index (χ0v) is 10.8. The zero-order valence-electron chi connectivity index (χ0n) is 9.12. The third-order valence-electron chi connectivity index (χ3n) is 2.00. The summed E-state index contributed by atoms with van der Waals surface area (Å²) in [6.07, 6.45) is 1.58. The summed E-state index contributed by atoms with van der Waals surface area (Å²) in [7, 11) is 0. The molecule has 0 aliphatic carbocycles. The van der Waals surface area contributed by atoms with Crippen molar-refractivity contribution in [1.82, 2.24) is 15.5 Å². The highest BCUT2D eigenvalue weighted by atomic mass is 32.2. The lowest BCUT2D eigenvalue weighted by molar-refractivity contribution is -0.120. The standard InChI is InChI=1S/C10H11N3O2S2/c1-7(17-10-13-12-6-16-10)9(14)11-5-8-3-2-4-15-8/h2-4,6-7H,5H2,1H3,(H,11,14). The topological polar surface area (TPSA) is 68.0 Å². The first kappa shape index (κ1) is 12.1. The molecule has 2 heterocycles. The Morgan fingerprint density at radius 2 is 2.59 bits per heavy atom. The lowest BCUT2D eigenvalue weighted by Gasteiger charge is -2.08. The lowest BCUT2D eigenvalue weighted by atomic mass is 10.4. The highest BCUT2D eigenvalue weighted by Gasteiger charge is 2.15. The number of nitrogens with zero attached hydrogens (tertiary/aromatic N) is 2. The molecule has 2 aromatic heterocycles. The van der Waals surface area contributed by atoms with Crippen molar-refractivity contribution < 1.29 is 9.21 Å². The van der Waals surface area contributed by atoms with E-state index in [0.717, 1.165) is 10.1 Å². The molecule has 1 amide bonds. The summed E-state index contributed by atoms with van der Waals surface area (Å²) in [4.78, 5) is 11.7. The molecule has 1 unspecified atom stereocenters. The first-order chi connectivity index (χ1) is 8.25. The van der Waals surface area contributed by atoms with Crippen molar-refractivity contribution in [3.05, 3.63) is 29.7 Å². The fourth-order valence-electron chi connectivity index (χ4n) is 1.15. The average molecular weight is 269 g/mol. The number of aromatic nitrogens is 2. The van der Waals surface area contributed by atoms with Crippen molar-refractivity contribution in [2.45, 2.75) is 23.1 Å². The third kappa shape index (κ3) is 3.57. The highest BCUT2D eigenvalue weighted by molar-refractivity contribution is 8.02. The summed E-state index contributed by atoms with van der Waals surface area (Å²) in [6, 6.07) is 3.61. The normalized spacial score (nSPS) is 12.3. The van der Waals surface area contributed by atoms with Crippen LogP contribution in [0.1, 0.15) is 12.7 Å². The Hall–Kier alpha value is -1.34. The Balaban J connectivity index is 1.79. The van der Waals surface area contributed by atoms with Crippen molar-refractivity contribution in [3.8, 4) is 0 Å². The number of thioether (sulfide) groups is 1. The van der Waals surface area contributed by atoms with Crippen LogP contribution in [0.2, 0.25) is 0 Å². The van der Waals surface area contributed by atoms with Crippen LogP contribution in [0.25, 0.3) is 0 Å². The van der Waals surface area contributed by atoms with Crippen LogP contribution in [0.3, 0.4) is 0 Å². The molecule has 0 aliphatic rings. The Morgan fingerprint density at radius 1 is 1.71 bits per heavy atom. The van der Waals surface area contributed by atoms with Crippen molar-refractivity contribution in [3.63, 3.8) is 0 Å². The Morgan fingerprint density at radius 3 is 3.24 bits per heavy atom. The largest absolute Gasteiger partial charge is 0.467 e. The molecule has 0 saturated heterocycles. The maximum absolute atomic E-state index is 11.7. The Labute approximate surface area is 107 Å². The minimum Gasteiger partial charge on any atom is -0.467 e. The van der Waals surface area contributed by atoms with Gasteiger partial charge in [-0.3, -0.25) is 4.79 Å². The molecule has 7 heteroatoms. The number of amides is 1. The fraction of sp³-hybridized carbons (Fsp3) is 0.300. The average Bonchev–Trinajstić information content (AvgIpc) is 2.98. The molecule has 0 spiro atoms. The van der Waals surface area contributed by atoms with Gasteiger partial charge in [-0.25, -0.2) is 0 Å². The molecule has 1 N–H and O–H groups in total. The molecule has 0 aromatic carbocycles. The SMILES string of the molecule is CC(Sc1nncs1)C(=O)NCc1ccco1. The van der Waals surface area contributed by atoms with Crippen LogP contribution < -0.4 is 5.32 Å². The first-order valence-electron chi connectivity index (χ1n) is 4.98. The van der Waals surface area contributed by atoms with Gasteiger partial charge in [0.2, 0.25) is 5.91 Å². The molecular formula is C10H11N3O2S2. The predicted octanol–water partition coefficient (Wildman–Crippen LogP) is 1.93. The minimum absolute atomic E-state index is 0.0402. The van der Waals surface area contributed by atoms with Gasteiger partial charge in [-0.05, 0) is 19.1 Å². The van der Waals surface area contributed by atoms with E-state index in [1.807, 2.05) is 13.0 Å². The van der Waals surface area contributed by atoms with Crippen LogP contribution >= 0.6 is 23.1 Å². The molecule has 5 nitrogen and oxygen atoms in total. The van der Waals surface area contributed by atoms with Gasteiger partial charge in [-0.15, -0.1) is 10.2 Å². The monoisotopic (exact) mass is 269 g/mol. The van der Waals surface area contributed by atoms with Crippen LogP contribution in [0, 0.1) is 0 Å². The number of rotatable bonds is 5. The van der Waals surface area contributed by atoms with Crippen LogP contribution in [0.4, 0.5) is 0 Å². The second-order valence-electron chi connectivity index (χ2n) is 3.26. The number of carbonyl (C=O) groups excluding carboxylic acids is 1. The molecule has 0 fully saturated rings. The van der Waals surface area contributed by atoms with Gasteiger partial charge >= 0.3 is 0 Å². The van der Waals surface area contributed by atoms with E-state index in [4.69, 9.17) is 4.42 Å². The van der Waals surface area contributed by atoms with Crippen molar-refractivity contribution >= 4 is 29.0 Å². The van der Waals surface area contributed by atoms with Gasteiger partial charge < -0.3 is 9.73 Å². The van der Waals surface area contributed by atoms with Gasteiger partial charge in [-0.1, -0.05) is 23.1 Å². The van der Waals surface area contributed by atoms with E-state index in [1.165, 1.54) is 23.1 Å². The second-order valence-corrected chi connectivity index (χ2v) is 5.68. The Bertz CT molecular complexity index is 456. The summed E-state index contributed by atoms with van der Waals surface area (Å²) >= 11 is 2.82. The number of carbonyl (C=O) groups is 1. The van der Waals surface area contributed by atoms with Crippen LogP contribution in [0.5, 0.6) is 0 Å². The molecule has 17 heavy (non-hydrogen) atoms. The molecule has 0 aliphatic heterocycles. The van der Waals surface area contributed by atoms with Gasteiger partial charge in [-0.2, -0.15) is 0 Å². The smallest absolute Gasteiger partial charge is 0.233 e. The molecular weight excluding hydrogens is 258 g/mol. The van der Waals surface area contributed by atoms with E-state index in [-0.39, 0.29) is 11.2 Å². The number of hydrogen-bond acceptors (Lipinski definition) is 6. The van der Waals surface area contributed by atoms with E-state index in [2.05, 4.69) is 15.5 Å². The van der Waals surface area contributed by atoms with E-state index in [0.29, 0.717) is 6.54 Å². The second kappa shape index (κ2) is 5.83. The molecule has 0 bridgehead atoms. The lowest BCUT2D eigenvalue weighted by Crippen LogP contribution is -2.30. The van der Waals surface area contributed by atoms with Gasteiger partial charge in [0.1, 0.15) is 11.3 Å². The van der Waals surface area contributed by atoms with E-state index < -0.39 is 0 Å².